The van der Waals surface area contributed by atoms with Crippen LogP contribution in [-0.4, -0.2) is 49.5 Å². The molecule has 0 aliphatic carbocycles. The summed E-state index contributed by atoms with van der Waals surface area (Å²) >= 11 is 0. The largest absolute Gasteiger partial charge is 0.486 e. The number of ether oxygens (including phenoxy) is 3. The number of benzene rings is 2. The van der Waals surface area contributed by atoms with E-state index in [1.54, 1.807) is 18.2 Å². The Morgan fingerprint density at radius 3 is 2.47 bits per heavy atom. The molecular formula is C22H20N4O8. The number of anilines is 2. The van der Waals surface area contributed by atoms with Gasteiger partial charge in [0.1, 0.15) is 13.2 Å². The molecule has 0 atom stereocenters. The van der Waals surface area contributed by atoms with Crippen LogP contribution in [0.1, 0.15) is 23.2 Å². The molecule has 12 nitrogen and oxygen atoms in total. The highest BCUT2D eigenvalue weighted by Crippen LogP contribution is 2.32. The number of hydrogen-bond donors (Lipinski definition) is 3. The molecular weight excluding hydrogens is 448 g/mol. The Morgan fingerprint density at radius 2 is 1.71 bits per heavy atom. The zero-order chi connectivity index (χ0) is 24.1. The van der Waals surface area contributed by atoms with Gasteiger partial charge in [0.15, 0.2) is 18.1 Å². The molecule has 5 amide bonds. The van der Waals surface area contributed by atoms with Gasteiger partial charge >= 0.3 is 12.0 Å². The maximum absolute atomic E-state index is 12.2. The Kier molecular flexibility index (Phi) is 6.57. The topological polar surface area (TPSA) is 152 Å². The molecule has 2 aromatic rings. The molecule has 3 N–H and O–H groups in total. The van der Waals surface area contributed by atoms with Crippen LogP contribution in [0.25, 0.3) is 0 Å². The summed E-state index contributed by atoms with van der Waals surface area (Å²) in [6.45, 7) is 0.145. The number of rotatable bonds is 5. The lowest BCUT2D eigenvalue weighted by Gasteiger charge is -2.27. The fourth-order valence-corrected chi connectivity index (χ4v) is 3.19. The highest BCUT2D eigenvalue weighted by atomic mass is 16.6. The van der Waals surface area contributed by atoms with Crippen molar-refractivity contribution in [2.75, 3.05) is 30.1 Å². The van der Waals surface area contributed by atoms with Gasteiger partial charge in [-0.15, -0.1) is 0 Å². The van der Waals surface area contributed by atoms with Gasteiger partial charge in [-0.2, -0.15) is 0 Å². The van der Waals surface area contributed by atoms with E-state index in [4.69, 9.17) is 14.2 Å². The number of urea groups is 1. The Morgan fingerprint density at radius 1 is 0.971 bits per heavy atom. The highest BCUT2D eigenvalue weighted by molar-refractivity contribution is 6.03. The maximum Gasteiger partial charge on any atom is 0.338 e. The van der Waals surface area contributed by atoms with Crippen molar-refractivity contribution in [3.63, 3.8) is 0 Å². The van der Waals surface area contributed by atoms with E-state index in [0.29, 0.717) is 36.1 Å². The first-order valence-electron chi connectivity index (χ1n) is 10.3. The van der Waals surface area contributed by atoms with Crippen molar-refractivity contribution >= 4 is 41.1 Å². The monoisotopic (exact) mass is 468 g/mol. The smallest absolute Gasteiger partial charge is 0.338 e. The number of carbonyl (C=O) groups is 5. The van der Waals surface area contributed by atoms with Crippen molar-refractivity contribution in [1.29, 1.82) is 0 Å². The fourth-order valence-electron chi connectivity index (χ4n) is 3.19. The van der Waals surface area contributed by atoms with E-state index in [1.807, 2.05) is 0 Å². The summed E-state index contributed by atoms with van der Waals surface area (Å²) in [5.41, 5.74) is 3.33. The minimum Gasteiger partial charge on any atom is -0.486 e. The predicted octanol–water partition coefficient (Wildman–Crippen LogP) is 1.12. The molecule has 1 saturated heterocycles. The molecule has 34 heavy (non-hydrogen) atoms. The predicted molar refractivity (Wildman–Crippen MR) is 116 cm³/mol. The lowest BCUT2D eigenvalue weighted by Crippen LogP contribution is -2.50. The quantitative estimate of drug-likeness (QED) is 0.552. The molecule has 4 rings (SSSR count). The van der Waals surface area contributed by atoms with E-state index < -0.39 is 24.5 Å². The van der Waals surface area contributed by atoms with E-state index in [-0.39, 0.29) is 30.2 Å². The van der Waals surface area contributed by atoms with E-state index in [0.717, 1.165) is 5.01 Å². The van der Waals surface area contributed by atoms with Crippen molar-refractivity contribution in [2.45, 2.75) is 12.8 Å². The van der Waals surface area contributed by atoms with E-state index >= 15 is 0 Å². The average Bonchev–Trinajstić information content (AvgIpc) is 2.84. The van der Waals surface area contributed by atoms with Crippen LogP contribution in [-0.2, 0) is 19.1 Å². The molecule has 0 bridgehead atoms. The molecule has 1 fully saturated rings. The number of carbonyl (C=O) groups excluding carboxylic acids is 5. The summed E-state index contributed by atoms with van der Waals surface area (Å²) in [7, 11) is 0. The minimum atomic E-state index is -0.832. The van der Waals surface area contributed by atoms with Gasteiger partial charge in [0, 0.05) is 24.6 Å². The third-order valence-corrected chi connectivity index (χ3v) is 4.80. The third kappa shape index (κ3) is 5.41. The number of hydrazine groups is 1. The average molecular weight is 468 g/mol. The Bertz CT molecular complexity index is 1150. The van der Waals surface area contributed by atoms with Gasteiger partial charge in [0.2, 0.25) is 11.8 Å². The Labute approximate surface area is 193 Å². The van der Waals surface area contributed by atoms with Crippen LogP contribution in [0.15, 0.2) is 42.5 Å². The number of nitrogens with zero attached hydrogens (tertiary/aromatic N) is 1. The lowest BCUT2D eigenvalue weighted by molar-refractivity contribution is -0.130. The number of esters is 1. The van der Waals surface area contributed by atoms with Crippen LogP contribution in [0.3, 0.4) is 0 Å². The number of hydrogen-bond acceptors (Lipinski definition) is 8. The summed E-state index contributed by atoms with van der Waals surface area (Å²) in [4.78, 5) is 59.6. The second-order valence-corrected chi connectivity index (χ2v) is 7.25. The maximum atomic E-state index is 12.2. The van der Waals surface area contributed by atoms with Gasteiger partial charge in [-0.25, -0.2) is 14.6 Å². The van der Waals surface area contributed by atoms with E-state index in [1.165, 1.54) is 24.3 Å². The second kappa shape index (κ2) is 9.90. The number of imide groups is 1. The Hall–Kier alpha value is -4.61. The number of nitrogens with one attached hydrogen (secondary N) is 3. The highest BCUT2D eigenvalue weighted by Gasteiger charge is 2.24. The summed E-state index contributed by atoms with van der Waals surface area (Å²) in [6.07, 6.45) is 0.212. The molecule has 0 aromatic heterocycles. The van der Waals surface area contributed by atoms with E-state index in [2.05, 4.69) is 16.1 Å². The molecule has 0 saturated carbocycles. The zero-order valence-electron chi connectivity index (χ0n) is 17.8. The summed E-state index contributed by atoms with van der Waals surface area (Å²) < 4.78 is 15.7. The van der Waals surface area contributed by atoms with Crippen LogP contribution >= 0.6 is 0 Å². The Balaban J connectivity index is 1.25. The first kappa shape index (κ1) is 22.6. The van der Waals surface area contributed by atoms with Crippen LogP contribution in [0, 0.1) is 0 Å². The van der Waals surface area contributed by atoms with Crippen molar-refractivity contribution in [3.8, 4) is 11.5 Å². The second-order valence-electron chi connectivity index (χ2n) is 7.25. The van der Waals surface area contributed by atoms with Gasteiger partial charge in [-0.3, -0.25) is 25.1 Å². The van der Waals surface area contributed by atoms with Crippen molar-refractivity contribution < 1.29 is 38.2 Å². The van der Waals surface area contributed by atoms with Crippen molar-refractivity contribution in [2.24, 2.45) is 0 Å². The molecule has 12 heteroatoms. The fraction of sp³-hybridized carbons (Fsp3) is 0.227. The van der Waals surface area contributed by atoms with Gasteiger partial charge in [-0.1, -0.05) is 0 Å². The van der Waals surface area contributed by atoms with Crippen LogP contribution in [0.4, 0.5) is 16.2 Å². The van der Waals surface area contributed by atoms with Gasteiger partial charge in [0.05, 0.1) is 11.3 Å². The zero-order valence-corrected chi connectivity index (χ0v) is 17.8. The first-order chi connectivity index (χ1) is 16.4. The minimum absolute atomic E-state index is 0.0903. The van der Waals surface area contributed by atoms with Crippen LogP contribution < -0.4 is 30.5 Å². The third-order valence-electron chi connectivity index (χ3n) is 4.80. The molecule has 2 aliphatic heterocycles. The van der Waals surface area contributed by atoms with Gasteiger partial charge in [0.25, 0.3) is 5.91 Å². The van der Waals surface area contributed by atoms with Crippen molar-refractivity contribution in [1.82, 2.24) is 10.7 Å². The molecule has 2 aromatic carbocycles. The molecule has 2 aliphatic rings. The molecule has 176 valence electrons. The molecule has 0 unspecified atom stereocenters. The van der Waals surface area contributed by atoms with E-state index in [9.17, 15) is 24.0 Å². The SMILES string of the molecule is O=C(COC(=O)c1ccc(N2NC(=O)CCC2=O)cc1)NC(=O)Nc1ccc2c(c1)OCCO2. The molecule has 0 radical (unpaired) electrons. The lowest BCUT2D eigenvalue weighted by atomic mass is 10.2. The van der Waals surface area contributed by atoms with Crippen LogP contribution in [0.2, 0.25) is 0 Å². The van der Waals surface area contributed by atoms with Crippen LogP contribution in [0.5, 0.6) is 11.5 Å². The number of amides is 5. The standard InChI is InChI=1S/C22H20N4O8/c27-18-7-8-20(29)26(25-18)15-4-1-13(2-5-15)21(30)34-12-19(28)24-22(31)23-14-3-6-16-17(11-14)33-10-9-32-16/h1-6,11H,7-10,12H2,(H,25,27)(H2,23,24,28,31). The molecule has 0 spiro atoms. The molecule has 2 heterocycles. The summed E-state index contributed by atoms with van der Waals surface area (Å²) in [5, 5.41) is 5.64. The summed E-state index contributed by atoms with van der Waals surface area (Å²) in [6, 6.07) is 9.66. The van der Waals surface area contributed by atoms with Gasteiger partial charge < -0.3 is 19.5 Å². The first-order valence-corrected chi connectivity index (χ1v) is 10.3. The summed E-state index contributed by atoms with van der Waals surface area (Å²) in [5.74, 6) is -1.17. The van der Waals surface area contributed by atoms with Gasteiger partial charge in [-0.05, 0) is 36.4 Å². The number of fused-ring (bicyclic) bond motifs is 1. The van der Waals surface area contributed by atoms with Crippen molar-refractivity contribution in [3.05, 3.63) is 48.0 Å². The normalized spacial score (nSPS) is 14.6.